The highest BCUT2D eigenvalue weighted by Crippen LogP contribution is 2.18. The largest absolute Gasteiger partial charge is 0.466 e. The van der Waals surface area contributed by atoms with Gasteiger partial charge in [0.25, 0.3) is 0 Å². The number of ether oxygens (including phenoxy) is 6. The zero-order valence-corrected chi connectivity index (χ0v) is 50.7. The van der Waals surface area contributed by atoms with Gasteiger partial charge in [-0.1, -0.05) is 206 Å². The van der Waals surface area contributed by atoms with Crippen molar-refractivity contribution in [1.82, 2.24) is 10.2 Å². The molecule has 0 aliphatic heterocycles. The Morgan fingerprint density at radius 2 is 0.610 bits per heavy atom. The highest BCUT2D eigenvalue weighted by atomic mass is 16.6. The first kappa shape index (κ1) is 74.1. The van der Waals surface area contributed by atoms with Crippen molar-refractivity contribution in [2.75, 3.05) is 66.8 Å². The van der Waals surface area contributed by atoms with Crippen LogP contribution in [0.2, 0.25) is 0 Å². The third-order valence-electron chi connectivity index (χ3n) is 14.4. The Kier molecular flexibility index (Phi) is 58.4. The number of esters is 4. The first-order valence-corrected chi connectivity index (χ1v) is 32.5. The van der Waals surface area contributed by atoms with Crippen molar-refractivity contribution >= 4 is 30.0 Å². The maximum Gasteiger partial charge on any atom is 0.407 e. The maximum absolute atomic E-state index is 12.7. The molecule has 0 saturated carbocycles. The van der Waals surface area contributed by atoms with Crippen LogP contribution >= 0.6 is 0 Å². The summed E-state index contributed by atoms with van der Waals surface area (Å²) in [6.07, 6.45) is 47.9. The van der Waals surface area contributed by atoms with Crippen molar-refractivity contribution in [2.45, 2.75) is 315 Å². The molecule has 0 radical (unpaired) electrons. The molecule has 0 unspecified atom stereocenters. The number of hydrogen-bond donors (Lipinski definition) is 1. The quantitative estimate of drug-likeness (QED) is 0.0350. The fraction of sp³-hybridized carbons (Fsp3) is 0.922. The van der Waals surface area contributed by atoms with Crippen molar-refractivity contribution in [2.24, 2.45) is 0 Å². The van der Waals surface area contributed by atoms with Gasteiger partial charge < -0.3 is 38.6 Å². The zero-order chi connectivity index (χ0) is 56.2. The van der Waals surface area contributed by atoms with E-state index in [-0.39, 0.29) is 30.0 Å². The highest BCUT2D eigenvalue weighted by molar-refractivity contribution is 5.70. The summed E-state index contributed by atoms with van der Waals surface area (Å²) < 4.78 is 33.1. The number of carbonyl (C=O) groups excluding carboxylic acids is 5. The predicted octanol–water partition coefficient (Wildman–Crippen LogP) is 16.8. The number of hydrogen-bond acceptors (Lipinski definition) is 12. The van der Waals surface area contributed by atoms with Crippen molar-refractivity contribution in [3.8, 4) is 0 Å². The lowest BCUT2D eigenvalue weighted by Gasteiger charge is -2.18. The Labute approximate surface area is 473 Å². The van der Waals surface area contributed by atoms with Crippen molar-refractivity contribution < 1.29 is 52.4 Å². The summed E-state index contributed by atoms with van der Waals surface area (Å²) in [5.74, 6) is -0.319. The monoisotopic (exact) mass is 1090 g/mol. The third kappa shape index (κ3) is 60.6. The molecule has 0 aromatic carbocycles. The zero-order valence-electron chi connectivity index (χ0n) is 50.7. The van der Waals surface area contributed by atoms with Gasteiger partial charge in [0.2, 0.25) is 0 Å². The van der Waals surface area contributed by atoms with Gasteiger partial charge in [-0.2, -0.15) is 0 Å². The Morgan fingerprint density at radius 1 is 0.338 bits per heavy atom. The van der Waals surface area contributed by atoms with E-state index in [1.54, 1.807) is 0 Å². The van der Waals surface area contributed by atoms with Crippen LogP contribution in [0.25, 0.3) is 0 Å². The molecular formula is C64H122N2O11. The van der Waals surface area contributed by atoms with E-state index in [2.05, 4.69) is 19.2 Å². The van der Waals surface area contributed by atoms with Gasteiger partial charge in [0, 0.05) is 38.8 Å². The van der Waals surface area contributed by atoms with E-state index in [0.717, 1.165) is 109 Å². The van der Waals surface area contributed by atoms with E-state index in [4.69, 9.17) is 28.4 Å². The second-order valence-corrected chi connectivity index (χ2v) is 22.3. The molecule has 13 heteroatoms. The molecule has 0 atom stereocenters. The summed E-state index contributed by atoms with van der Waals surface area (Å²) in [5, 5.41) is 2.80. The Bertz CT molecular complexity index is 1240. The predicted molar refractivity (Wildman–Crippen MR) is 315 cm³/mol. The number of amides is 1. The standard InChI is InChI=1S/C64H122N2O11/c1-5-7-9-41-53-73-60(67)47-35-31-27-23-19-15-11-13-17-21-25-29-33-37-49-62(69)75-55-43-39-45-59(77-64(71)65-51-57-72-58-52-66(3)4)46-40-44-56-76-63(70)50-38-34-30-26-22-18-14-12-16-20-24-28-32-36-48-61(68)74-54-42-10-8-6-2/h59H,5-58H2,1-4H3,(H,65,71). The average Bonchev–Trinajstić information content (AvgIpc) is 3.41. The van der Waals surface area contributed by atoms with Crippen LogP contribution in [-0.4, -0.2) is 108 Å². The Morgan fingerprint density at radius 3 is 0.896 bits per heavy atom. The van der Waals surface area contributed by atoms with Gasteiger partial charge >= 0.3 is 30.0 Å². The van der Waals surface area contributed by atoms with E-state index < -0.39 is 6.09 Å². The van der Waals surface area contributed by atoms with Crippen molar-refractivity contribution in [1.29, 1.82) is 0 Å². The molecule has 454 valence electrons. The van der Waals surface area contributed by atoms with Crippen LogP contribution < -0.4 is 5.32 Å². The minimum Gasteiger partial charge on any atom is -0.466 e. The van der Waals surface area contributed by atoms with E-state index in [0.29, 0.717) is 97.6 Å². The number of carbonyl (C=O) groups is 5. The van der Waals surface area contributed by atoms with Gasteiger partial charge in [-0.25, -0.2) is 4.79 Å². The lowest BCUT2D eigenvalue weighted by molar-refractivity contribution is -0.144. The van der Waals surface area contributed by atoms with Crippen LogP contribution in [0.1, 0.15) is 309 Å². The maximum atomic E-state index is 12.7. The molecule has 1 N–H and O–H groups in total. The molecule has 0 spiro atoms. The van der Waals surface area contributed by atoms with Crippen molar-refractivity contribution in [3.63, 3.8) is 0 Å². The number of nitrogens with zero attached hydrogens (tertiary/aromatic N) is 1. The molecular weight excluding hydrogens is 973 g/mol. The summed E-state index contributed by atoms with van der Waals surface area (Å²) in [4.78, 5) is 63.1. The van der Waals surface area contributed by atoms with Gasteiger partial charge in [-0.15, -0.1) is 0 Å². The highest BCUT2D eigenvalue weighted by Gasteiger charge is 2.15. The number of unbranched alkanes of at least 4 members (excludes halogenated alkanes) is 34. The third-order valence-corrected chi connectivity index (χ3v) is 14.4. The second kappa shape index (κ2) is 60.7. The van der Waals surface area contributed by atoms with Crippen LogP contribution in [0.4, 0.5) is 4.79 Å². The van der Waals surface area contributed by atoms with E-state index >= 15 is 0 Å². The first-order valence-electron chi connectivity index (χ1n) is 32.5. The summed E-state index contributed by atoms with van der Waals surface area (Å²) in [7, 11) is 3.98. The fourth-order valence-electron chi connectivity index (χ4n) is 9.39. The molecule has 0 aliphatic rings. The Hall–Kier alpha value is -2.93. The smallest absolute Gasteiger partial charge is 0.407 e. The van der Waals surface area contributed by atoms with E-state index in [1.165, 1.54) is 141 Å². The van der Waals surface area contributed by atoms with Crippen LogP contribution in [0.5, 0.6) is 0 Å². The molecule has 0 rings (SSSR count). The fourth-order valence-corrected chi connectivity index (χ4v) is 9.39. The molecule has 0 aliphatic carbocycles. The lowest BCUT2D eigenvalue weighted by Crippen LogP contribution is -2.32. The normalized spacial score (nSPS) is 11.4. The molecule has 0 aromatic heterocycles. The van der Waals surface area contributed by atoms with Crippen molar-refractivity contribution in [3.05, 3.63) is 0 Å². The average molecular weight is 1100 g/mol. The van der Waals surface area contributed by atoms with Crippen LogP contribution in [0.15, 0.2) is 0 Å². The number of likely N-dealkylation sites (N-methyl/N-ethyl adjacent to an activating group) is 1. The molecule has 1 amide bonds. The minimum atomic E-state index is -0.456. The van der Waals surface area contributed by atoms with Gasteiger partial charge in [0.05, 0.1) is 39.6 Å². The second-order valence-electron chi connectivity index (χ2n) is 22.3. The molecule has 0 fully saturated rings. The first-order chi connectivity index (χ1) is 37.7. The van der Waals surface area contributed by atoms with E-state index in [1.807, 2.05) is 19.0 Å². The molecule has 13 nitrogen and oxygen atoms in total. The number of nitrogens with one attached hydrogen (secondary N) is 1. The summed E-state index contributed by atoms with van der Waals surface area (Å²) in [6.45, 7) is 8.49. The van der Waals surface area contributed by atoms with Gasteiger partial charge in [0.15, 0.2) is 0 Å². The summed E-state index contributed by atoms with van der Waals surface area (Å²) in [5.41, 5.74) is 0. The SMILES string of the molecule is CCCCCCOC(=O)CCCCCCCCCCCCCCCCC(=O)OCCCCC(CCCCOC(=O)CCCCCCCCCCCCCCCCC(=O)OCCCCCC)OC(=O)NCCOCCN(C)C. The Balaban J connectivity index is 3.99. The van der Waals surface area contributed by atoms with Crippen LogP contribution in [-0.2, 0) is 47.6 Å². The minimum absolute atomic E-state index is 0.0278. The summed E-state index contributed by atoms with van der Waals surface area (Å²) >= 11 is 0. The van der Waals surface area contributed by atoms with Crippen LogP contribution in [0, 0.1) is 0 Å². The van der Waals surface area contributed by atoms with Crippen LogP contribution in [0.3, 0.4) is 0 Å². The molecule has 77 heavy (non-hydrogen) atoms. The topological polar surface area (TPSA) is 156 Å². The number of rotatable bonds is 61. The molecule has 0 bridgehead atoms. The molecule has 0 saturated heterocycles. The van der Waals surface area contributed by atoms with Gasteiger partial charge in [0.1, 0.15) is 6.10 Å². The number of alkyl carbamates (subject to hydrolysis) is 1. The van der Waals surface area contributed by atoms with E-state index in [9.17, 15) is 24.0 Å². The van der Waals surface area contributed by atoms with Gasteiger partial charge in [-0.3, -0.25) is 19.2 Å². The molecule has 0 heterocycles. The lowest BCUT2D eigenvalue weighted by atomic mass is 10.0. The van der Waals surface area contributed by atoms with Gasteiger partial charge in [-0.05, 0) is 91.1 Å². The molecule has 0 aromatic rings. The summed E-state index contributed by atoms with van der Waals surface area (Å²) in [6, 6.07) is 0.